The molecule has 0 saturated carbocycles. The molecule has 7 heteroatoms. The van der Waals surface area contributed by atoms with Gasteiger partial charge in [0, 0.05) is 5.56 Å². The van der Waals surface area contributed by atoms with Gasteiger partial charge in [0.1, 0.15) is 11.8 Å². The van der Waals surface area contributed by atoms with E-state index in [0.29, 0.717) is 11.3 Å². The first-order valence-electron chi connectivity index (χ1n) is 6.85. The highest BCUT2D eigenvalue weighted by atomic mass is 16.6. The van der Waals surface area contributed by atoms with Gasteiger partial charge in [0.25, 0.3) is 5.91 Å². The zero-order valence-corrected chi connectivity index (χ0v) is 13.2. The van der Waals surface area contributed by atoms with Crippen LogP contribution in [0.2, 0.25) is 0 Å². The van der Waals surface area contributed by atoms with Gasteiger partial charge in [-0.1, -0.05) is 29.1 Å². The van der Waals surface area contributed by atoms with E-state index in [4.69, 9.17) is 9.94 Å². The molecule has 2 amide bonds. The monoisotopic (exact) mass is 317 g/mol. The number of hydrogen-bond donors (Lipinski definition) is 3. The van der Waals surface area contributed by atoms with Gasteiger partial charge in [-0.3, -0.25) is 4.79 Å². The van der Waals surface area contributed by atoms with Gasteiger partial charge in [0.2, 0.25) is 0 Å². The van der Waals surface area contributed by atoms with Crippen molar-refractivity contribution in [3.8, 4) is 11.8 Å². The third kappa shape index (κ3) is 7.52. The summed E-state index contributed by atoms with van der Waals surface area (Å²) in [6.45, 7) is 5.42. The number of carbonyl (C=O) groups is 2. The van der Waals surface area contributed by atoms with Crippen molar-refractivity contribution < 1.29 is 19.5 Å². The molecule has 0 spiro atoms. The molecule has 0 saturated heterocycles. The second-order valence-corrected chi connectivity index (χ2v) is 5.44. The van der Waals surface area contributed by atoms with Crippen LogP contribution >= 0.6 is 0 Å². The third-order valence-corrected chi connectivity index (χ3v) is 2.30. The number of anilines is 1. The first-order valence-corrected chi connectivity index (χ1v) is 6.85. The van der Waals surface area contributed by atoms with Crippen LogP contribution in [-0.4, -0.2) is 35.6 Å². The number of oxime groups is 1. The lowest BCUT2D eigenvalue weighted by molar-refractivity contribution is -0.110. The van der Waals surface area contributed by atoms with Gasteiger partial charge in [-0.05, 0) is 32.9 Å². The molecular weight excluding hydrogens is 298 g/mol. The molecule has 0 aliphatic rings. The summed E-state index contributed by atoms with van der Waals surface area (Å²) in [7, 11) is 0. The summed E-state index contributed by atoms with van der Waals surface area (Å²) in [6.07, 6.45) is 0.196. The summed E-state index contributed by atoms with van der Waals surface area (Å²) in [5.74, 6) is 5.03. The Bertz CT molecular complexity index is 651. The lowest BCUT2D eigenvalue weighted by atomic mass is 10.2. The second-order valence-electron chi connectivity index (χ2n) is 5.44. The minimum Gasteiger partial charge on any atom is -0.444 e. The fourth-order valence-corrected chi connectivity index (χ4v) is 1.49. The van der Waals surface area contributed by atoms with Crippen molar-refractivity contribution in [1.82, 2.24) is 5.32 Å². The summed E-state index contributed by atoms with van der Waals surface area (Å²) < 4.78 is 5.08. The average Bonchev–Trinajstić information content (AvgIpc) is 2.43. The lowest BCUT2D eigenvalue weighted by Gasteiger charge is -2.19. The Kier molecular flexibility index (Phi) is 6.62. The van der Waals surface area contributed by atoms with Crippen molar-refractivity contribution in [2.45, 2.75) is 26.4 Å². The van der Waals surface area contributed by atoms with Crippen LogP contribution in [0.1, 0.15) is 26.3 Å². The Morgan fingerprint density at radius 3 is 2.70 bits per heavy atom. The van der Waals surface area contributed by atoms with Crippen molar-refractivity contribution in [2.75, 3.05) is 11.9 Å². The zero-order chi connectivity index (χ0) is 17.3. The van der Waals surface area contributed by atoms with Crippen LogP contribution in [0, 0.1) is 11.8 Å². The molecule has 0 bridgehead atoms. The molecule has 3 N–H and O–H groups in total. The molecule has 0 heterocycles. The minimum absolute atomic E-state index is 0.106. The fraction of sp³-hybridized carbons (Fsp3) is 0.312. The Labute approximate surface area is 134 Å². The van der Waals surface area contributed by atoms with Gasteiger partial charge >= 0.3 is 6.09 Å². The van der Waals surface area contributed by atoms with Crippen LogP contribution in [0.15, 0.2) is 29.4 Å². The highest BCUT2D eigenvalue weighted by molar-refractivity contribution is 6.31. The molecule has 0 fully saturated rings. The molecule has 0 aromatic heterocycles. The summed E-state index contributed by atoms with van der Waals surface area (Å²) >= 11 is 0. The maximum absolute atomic E-state index is 11.5. The Balaban J connectivity index is 2.65. The normalized spacial score (nSPS) is 10.6. The van der Waals surface area contributed by atoms with E-state index in [9.17, 15) is 9.59 Å². The number of ether oxygens (including phenoxy) is 1. The summed E-state index contributed by atoms with van der Waals surface area (Å²) in [4.78, 5) is 22.8. The number of nitrogens with zero attached hydrogens (tertiary/aromatic N) is 1. The van der Waals surface area contributed by atoms with Crippen molar-refractivity contribution >= 4 is 23.9 Å². The van der Waals surface area contributed by atoms with Gasteiger partial charge in [-0.15, -0.1) is 0 Å². The van der Waals surface area contributed by atoms with E-state index in [-0.39, 0.29) is 6.54 Å². The van der Waals surface area contributed by atoms with Gasteiger partial charge in [-0.25, -0.2) is 4.79 Å². The van der Waals surface area contributed by atoms with Crippen molar-refractivity contribution in [2.24, 2.45) is 5.16 Å². The van der Waals surface area contributed by atoms with E-state index < -0.39 is 17.6 Å². The molecule has 0 aliphatic heterocycles. The molecule has 7 nitrogen and oxygen atoms in total. The Morgan fingerprint density at radius 2 is 2.04 bits per heavy atom. The minimum atomic E-state index is -0.575. The summed E-state index contributed by atoms with van der Waals surface area (Å²) in [5, 5.41) is 16.0. The van der Waals surface area contributed by atoms with E-state index >= 15 is 0 Å². The topological polar surface area (TPSA) is 100 Å². The van der Waals surface area contributed by atoms with E-state index in [1.54, 1.807) is 45.0 Å². The molecule has 1 rings (SSSR count). The first kappa shape index (κ1) is 18.0. The molecule has 0 aliphatic carbocycles. The van der Waals surface area contributed by atoms with E-state index in [0.717, 1.165) is 6.21 Å². The van der Waals surface area contributed by atoms with Gasteiger partial charge in [0.15, 0.2) is 0 Å². The third-order valence-electron chi connectivity index (χ3n) is 2.30. The molecule has 0 radical (unpaired) electrons. The maximum Gasteiger partial charge on any atom is 0.408 e. The van der Waals surface area contributed by atoms with Crippen molar-refractivity contribution in [1.29, 1.82) is 0 Å². The second kappa shape index (κ2) is 8.44. The lowest BCUT2D eigenvalue weighted by Crippen LogP contribution is -2.32. The van der Waals surface area contributed by atoms with Crippen LogP contribution in [0.25, 0.3) is 0 Å². The fourth-order valence-electron chi connectivity index (χ4n) is 1.49. The number of amides is 2. The van der Waals surface area contributed by atoms with Crippen LogP contribution in [-0.2, 0) is 9.53 Å². The van der Waals surface area contributed by atoms with Crippen LogP contribution in [0.4, 0.5) is 10.5 Å². The van der Waals surface area contributed by atoms with E-state index in [1.165, 1.54) is 0 Å². The number of carbonyl (C=O) groups excluding carboxylic acids is 2. The Hall–Kier alpha value is -3.01. The van der Waals surface area contributed by atoms with Crippen LogP contribution in [0.3, 0.4) is 0 Å². The number of para-hydroxylation sites is 1. The molecular formula is C16H19N3O4. The predicted molar refractivity (Wildman–Crippen MR) is 86.5 cm³/mol. The molecule has 1 aromatic carbocycles. The smallest absolute Gasteiger partial charge is 0.408 e. The van der Waals surface area contributed by atoms with Crippen LogP contribution < -0.4 is 10.6 Å². The van der Waals surface area contributed by atoms with Gasteiger partial charge < -0.3 is 20.6 Å². The van der Waals surface area contributed by atoms with Crippen molar-refractivity contribution in [3.05, 3.63) is 29.8 Å². The number of benzene rings is 1. The number of rotatable bonds is 3. The van der Waals surface area contributed by atoms with Gasteiger partial charge in [0.05, 0.1) is 12.2 Å². The highest BCUT2D eigenvalue weighted by Crippen LogP contribution is 2.13. The summed E-state index contributed by atoms with van der Waals surface area (Å²) in [5.41, 5.74) is 0.475. The summed E-state index contributed by atoms with van der Waals surface area (Å²) in [6, 6.07) is 6.87. The predicted octanol–water partition coefficient (Wildman–Crippen LogP) is 1.96. The number of alkyl carbamates (subject to hydrolysis) is 1. The molecule has 23 heavy (non-hydrogen) atoms. The van der Waals surface area contributed by atoms with Gasteiger partial charge in [-0.2, -0.15) is 0 Å². The number of nitrogens with one attached hydrogen (secondary N) is 2. The maximum atomic E-state index is 11.5. The standard InChI is InChI=1S/C16H19N3O4/c1-16(2,3)23-15(21)17-10-6-8-12-7-4-5-9-13(12)19-14(20)11-18-22/h4-5,7,9,11,22H,10H2,1-3H3,(H,17,21)(H,19,20). The largest absolute Gasteiger partial charge is 0.444 e. The first-order chi connectivity index (χ1) is 10.8. The van der Waals surface area contributed by atoms with Crippen LogP contribution in [0.5, 0.6) is 0 Å². The average molecular weight is 317 g/mol. The van der Waals surface area contributed by atoms with E-state index in [2.05, 4.69) is 27.6 Å². The SMILES string of the molecule is CC(C)(C)OC(=O)NCC#Cc1ccccc1NC(=O)C=NO. The molecule has 122 valence electrons. The highest BCUT2D eigenvalue weighted by Gasteiger charge is 2.15. The zero-order valence-electron chi connectivity index (χ0n) is 13.2. The quantitative estimate of drug-likeness (QED) is 0.343. The molecule has 1 aromatic rings. The van der Waals surface area contributed by atoms with Crippen molar-refractivity contribution in [3.63, 3.8) is 0 Å². The number of hydrogen-bond acceptors (Lipinski definition) is 5. The molecule has 0 atom stereocenters. The molecule has 0 unspecified atom stereocenters. The van der Waals surface area contributed by atoms with E-state index in [1.807, 2.05) is 0 Å². The Morgan fingerprint density at radius 1 is 1.35 bits per heavy atom.